The number of piperidine rings is 1. The number of hydrogen-bond donors (Lipinski definition) is 1. The number of aliphatic hydroxyl groups is 1. The van der Waals surface area contributed by atoms with Crippen molar-refractivity contribution in [3.8, 4) is 0 Å². The molecule has 2 saturated heterocycles. The van der Waals surface area contributed by atoms with Gasteiger partial charge in [0, 0.05) is 12.1 Å². The minimum absolute atomic E-state index is 0.0287. The SMILES string of the molecule is CN1[C@@H]2CC[C@@H]1[C@H](OC(=O)[C@H](CO)c1ccccc1)CC2. The number of carbonyl (C=O) groups excluding carboxylic acids is 1. The number of nitrogens with zero attached hydrogens (tertiary/aromatic N) is 1. The van der Waals surface area contributed by atoms with Gasteiger partial charge in [-0.05, 0) is 38.3 Å². The van der Waals surface area contributed by atoms with Crippen molar-refractivity contribution in [1.29, 1.82) is 0 Å². The predicted molar refractivity (Wildman–Crippen MR) is 80.0 cm³/mol. The fourth-order valence-electron chi connectivity index (χ4n) is 3.76. The molecule has 2 heterocycles. The Morgan fingerprint density at radius 3 is 2.71 bits per heavy atom. The van der Waals surface area contributed by atoms with Crippen LogP contribution in [-0.4, -0.2) is 47.8 Å². The highest BCUT2D eigenvalue weighted by Gasteiger charge is 2.42. The van der Waals surface area contributed by atoms with E-state index >= 15 is 0 Å². The Hall–Kier alpha value is -1.39. The summed E-state index contributed by atoms with van der Waals surface area (Å²) in [6.45, 7) is -0.210. The first kappa shape index (κ1) is 14.5. The molecular formula is C17H23NO3. The van der Waals surface area contributed by atoms with E-state index in [4.69, 9.17) is 4.74 Å². The van der Waals surface area contributed by atoms with Crippen molar-refractivity contribution in [1.82, 2.24) is 4.90 Å². The summed E-state index contributed by atoms with van der Waals surface area (Å²) in [5, 5.41) is 9.55. The summed E-state index contributed by atoms with van der Waals surface area (Å²) >= 11 is 0. The number of fused-ring (bicyclic) bond motifs is 2. The van der Waals surface area contributed by atoms with Gasteiger partial charge >= 0.3 is 5.97 Å². The molecule has 3 rings (SSSR count). The number of carbonyl (C=O) groups is 1. The van der Waals surface area contributed by atoms with E-state index < -0.39 is 5.92 Å². The standard InChI is InChI=1S/C17H23NO3/c1-18-13-7-9-15(18)16(10-8-13)21-17(20)14(11-19)12-5-3-2-4-6-12/h2-6,13-16,19H,7-11H2,1H3/t13-,14-,15-,16-/m1/s1. The van der Waals surface area contributed by atoms with Gasteiger partial charge in [-0.1, -0.05) is 30.3 Å². The minimum Gasteiger partial charge on any atom is -0.460 e. The van der Waals surface area contributed by atoms with Crippen LogP contribution in [0.15, 0.2) is 30.3 Å². The molecule has 1 aromatic rings. The molecule has 1 N–H and O–H groups in total. The summed E-state index contributed by atoms with van der Waals surface area (Å²) in [4.78, 5) is 14.8. The second kappa shape index (κ2) is 6.16. The van der Waals surface area contributed by atoms with Crippen LogP contribution in [0.1, 0.15) is 37.2 Å². The van der Waals surface area contributed by atoms with Crippen LogP contribution in [0.4, 0.5) is 0 Å². The Morgan fingerprint density at radius 1 is 1.29 bits per heavy atom. The zero-order chi connectivity index (χ0) is 14.8. The van der Waals surface area contributed by atoms with E-state index in [0.717, 1.165) is 24.8 Å². The fourth-order valence-corrected chi connectivity index (χ4v) is 3.76. The molecule has 1 aromatic carbocycles. The zero-order valence-electron chi connectivity index (χ0n) is 12.4. The highest BCUT2D eigenvalue weighted by atomic mass is 16.5. The number of rotatable bonds is 4. The number of esters is 1. The Balaban J connectivity index is 1.68. The molecule has 0 spiro atoms. The first-order valence-electron chi connectivity index (χ1n) is 7.79. The number of ether oxygens (including phenoxy) is 1. The summed E-state index contributed by atoms with van der Waals surface area (Å²) < 4.78 is 5.76. The molecule has 0 saturated carbocycles. The Labute approximate surface area is 125 Å². The van der Waals surface area contributed by atoms with Crippen LogP contribution < -0.4 is 0 Å². The van der Waals surface area contributed by atoms with Crippen LogP contribution >= 0.6 is 0 Å². The lowest BCUT2D eigenvalue weighted by atomic mass is 9.98. The highest BCUT2D eigenvalue weighted by Crippen LogP contribution is 2.36. The molecule has 0 unspecified atom stereocenters. The molecule has 2 aliphatic heterocycles. The van der Waals surface area contributed by atoms with Gasteiger partial charge in [-0.25, -0.2) is 0 Å². The first-order valence-corrected chi connectivity index (χ1v) is 7.79. The summed E-state index contributed by atoms with van der Waals surface area (Å²) in [5.74, 6) is -0.872. The molecule has 2 aliphatic rings. The van der Waals surface area contributed by atoms with E-state index in [1.165, 1.54) is 6.42 Å². The maximum atomic E-state index is 12.4. The van der Waals surface area contributed by atoms with Gasteiger partial charge < -0.3 is 9.84 Å². The quantitative estimate of drug-likeness (QED) is 0.861. The van der Waals surface area contributed by atoms with Crippen molar-refractivity contribution >= 4 is 5.97 Å². The van der Waals surface area contributed by atoms with Crippen LogP contribution in [0.25, 0.3) is 0 Å². The van der Waals surface area contributed by atoms with E-state index in [0.29, 0.717) is 12.1 Å². The number of aliphatic hydroxyl groups excluding tert-OH is 1. The van der Waals surface area contributed by atoms with Crippen molar-refractivity contribution in [3.05, 3.63) is 35.9 Å². The molecule has 21 heavy (non-hydrogen) atoms. The molecule has 4 heteroatoms. The third-order valence-corrected chi connectivity index (χ3v) is 5.04. The van der Waals surface area contributed by atoms with E-state index in [2.05, 4.69) is 11.9 Å². The lowest BCUT2D eigenvalue weighted by molar-refractivity contribution is -0.157. The number of hydrogen-bond acceptors (Lipinski definition) is 4. The molecule has 4 atom stereocenters. The van der Waals surface area contributed by atoms with Crippen molar-refractivity contribution in [2.45, 2.75) is 49.8 Å². The second-order valence-electron chi connectivity index (χ2n) is 6.16. The molecule has 0 aliphatic carbocycles. The summed E-state index contributed by atoms with van der Waals surface area (Å²) in [6, 6.07) is 10.4. The maximum absolute atomic E-state index is 12.4. The van der Waals surface area contributed by atoms with Gasteiger partial charge in [0.15, 0.2) is 0 Å². The van der Waals surface area contributed by atoms with Gasteiger partial charge in [0.25, 0.3) is 0 Å². The van der Waals surface area contributed by atoms with Gasteiger partial charge in [-0.15, -0.1) is 0 Å². The topological polar surface area (TPSA) is 49.8 Å². The second-order valence-corrected chi connectivity index (χ2v) is 6.16. The molecule has 2 bridgehead atoms. The molecule has 0 radical (unpaired) electrons. The van der Waals surface area contributed by atoms with Crippen molar-refractivity contribution < 1.29 is 14.6 Å². The third kappa shape index (κ3) is 2.83. The highest BCUT2D eigenvalue weighted by molar-refractivity contribution is 5.78. The van der Waals surface area contributed by atoms with E-state index in [-0.39, 0.29) is 18.7 Å². The van der Waals surface area contributed by atoms with Crippen LogP contribution in [0, 0.1) is 0 Å². The Morgan fingerprint density at radius 2 is 2.00 bits per heavy atom. The smallest absolute Gasteiger partial charge is 0.316 e. The van der Waals surface area contributed by atoms with Crippen LogP contribution in [0.5, 0.6) is 0 Å². The lowest BCUT2D eigenvalue weighted by Crippen LogP contribution is -2.47. The normalized spacial score (nSPS) is 30.1. The van der Waals surface area contributed by atoms with E-state index in [1.54, 1.807) is 0 Å². The first-order chi connectivity index (χ1) is 10.2. The van der Waals surface area contributed by atoms with Gasteiger partial charge in [-0.3, -0.25) is 9.69 Å². The number of likely N-dealkylation sites (N-methyl/N-ethyl adjacent to an activating group) is 1. The van der Waals surface area contributed by atoms with E-state index in [9.17, 15) is 9.90 Å². The molecule has 114 valence electrons. The van der Waals surface area contributed by atoms with Gasteiger partial charge in [0.2, 0.25) is 0 Å². The van der Waals surface area contributed by atoms with Gasteiger partial charge in [-0.2, -0.15) is 0 Å². The molecule has 0 amide bonds. The third-order valence-electron chi connectivity index (χ3n) is 5.04. The molecular weight excluding hydrogens is 266 g/mol. The van der Waals surface area contributed by atoms with Crippen molar-refractivity contribution in [3.63, 3.8) is 0 Å². The predicted octanol–water partition coefficient (Wildman–Crippen LogP) is 1.93. The summed E-state index contributed by atoms with van der Waals surface area (Å²) in [5.41, 5.74) is 0.818. The van der Waals surface area contributed by atoms with Crippen LogP contribution in [0.3, 0.4) is 0 Å². The largest absolute Gasteiger partial charge is 0.460 e. The van der Waals surface area contributed by atoms with Crippen molar-refractivity contribution in [2.75, 3.05) is 13.7 Å². The van der Waals surface area contributed by atoms with Crippen molar-refractivity contribution in [2.24, 2.45) is 0 Å². The monoisotopic (exact) mass is 289 g/mol. The average Bonchev–Trinajstić information content (AvgIpc) is 2.73. The lowest BCUT2D eigenvalue weighted by Gasteiger charge is -2.37. The molecule has 0 aromatic heterocycles. The summed E-state index contributed by atoms with van der Waals surface area (Å²) in [6.07, 6.45) is 4.32. The average molecular weight is 289 g/mol. The maximum Gasteiger partial charge on any atom is 0.316 e. The summed E-state index contributed by atoms with van der Waals surface area (Å²) in [7, 11) is 2.13. The minimum atomic E-state index is -0.573. The number of benzene rings is 1. The van der Waals surface area contributed by atoms with Gasteiger partial charge in [0.1, 0.15) is 12.0 Å². The van der Waals surface area contributed by atoms with Crippen LogP contribution in [0.2, 0.25) is 0 Å². The van der Waals surface area contributed by atoms with E-state index in [1.807, 2.05) is 30.3 Å². The fraction of sp³-hybridized carbons (Fsp3) is 0.588. The van der Waals surface area contributed by atoms with Crippen LogP contribution in [-0.2, 0) is 9.53 Å². The Kier molecular flexibility index (Phi) is 4.27. The molecule has 2 fully saturated rings. The van der Waals surface area contributed by atoms with Gasteiger partial charge in [0.05, 0.1) is 6.61 Å². The molecule has 4 nitrogen and oxygen atoms in total. The zero-order valence-corrected chi connectivity index (χ0v) is 12.4. The Bertz CT molecular complexity index is 490.